The van der Waals surface area contributed by atoms with Crippen LogP contribution in [0.25, 0.3) is 0 Å². The van der Waals surface area contributed by atoms with Gasteiger partial charge in [0, 0.05) is 16.0 Å². The Hall–Kier alpha value is -1.93. The SMILES string of the molecule is COC(=O)c1nc(C)cc(Sc2csc(C(=O)O)c2)n1. The zero-order valence-electron chi connectivity index (χ0n) is 10.6. The van der Waals surface area contributed by atoms with Gasteiger partial charge in [-0.25, -0.2) is 19.6 Å². The van der Waals surface area contributed by atoms with E-state index < -0.39 is 11.9 Å². The summed E-state index contributed by atoms with van der Waals surface area (Å²) in [5.74, 6) is -1.58. The summed E-state index contributed by atoms with van der Waals surface area (Å²) >= 11 is 2.41. The summed E-state index contributed by atoms with van der Waals surface area (Å²) in [6.45, 7) is 1.74. The number of aromatic carboxylic acids is 1. The molecule has 2 aromatic heterocycles. The monoisotopic (exact) mass is 310 g/mol. The molecule has 20 heavy (non-hydrogen) atoms. The molecule has 104 valence electrons. The summed E-state index contributed by atoms with van der Waals surface area (Å²) in [6.07, 6.45) is 0. The Bertz CT molecular complexity index is 669. The number of carbonyl (C=O) groups excluding carboxylic acids is 1. The summed E-state index contributed by atoms with van der Waals surface area (Å²) < 4.78 is 4.58. The first-order valence-electron chi connectivity index (χ1n) is 5.43. The normalized spacial score (nSPS) is 10.3. The highest BCUT2D eigenvalue weighted by molar-refractivity contribution is 7.99. The highest BCUT2D eigenvalue weighted by Crippen LogP contribution is 2.30. The van der Waals surface area contributed by atoms with E-state index in [4.69, 9.17) is 5.11 Å². The van der Waals surface area contributed by atoms with Gasteiger partial charge in [0.1, 0.15) is 9.90 Å². The molecule has 0 radical (unpaired) electrons. The molecule has 0 aliphatic heterocycles. The molecule has 6 nitrogen and oxygen atoms in total. The summed E-state index contributed by atoms with van der Waals surface area (Å²) in [6, 6.07) is 3.28. The van der Waals surface area contributed by atoms with Crippen LogP contribution < -0.4 is 0 Å². The van der Waals surface area contributed by atoms with Crippen molar-refractivity contribution >= 4 is 35.0 Å². The number of esters is 1. The van der Waals surface area contributed by atoms with Crippen LogP contribution in [0.2, 0.25) is 0 Å². The van der Waals surface area contributed by atoms with Gasteiger partial charge in [0.15, 0.2) is 0 Å². The van der Waals surface area contributed by atoms with Gasteiger partial charge in [0.2, 0.25) is 5.82 Å². The van der Waals surface area contributed by atoms with Crippen molar-refractivity contribution in [2.45, 2.75) is 16.8 Å². The van der Waals surface area contributed by atoms with Gasteiger partial charge in [-0.3, -0.25) is 0 Å². The molecule has 2 rings (SSSR count). The maximum Gasteiger partial charge on any atom is 0.376 e. The van der Waals surface area contributed by atoms with Crippen molar-refractivity contribution in [2.75, 3.05) is 7.11 Å². The van der Waals surface area contributed by atoms with Crippen LogP contribution in [0.15, 0.2) is 27.4 Å². The van der Waals surface area contributed by atoms with Crippen LogP contribution in [0.4, 0.5) is 0 Å². The van der Waals surface area contributed by atoms with Gasteiger partial charge in [-0.15, -0.1) is 11.3 Å². The van der Waals surface area contributed by atoms with Gasteiger partial charge in [0.25, 0.3) is 0 Å². The maximum absolute atomic E-state index is 11.4. The first kappa shape index (κ1) is 14.5. The van der Waals surface area contributed by atoms with Crippen molar-refractivity contribution in [3.05, 3.63) is 33.9 Å². The molecule has 8 heteroatoms. The van der Waals surface area contributed by atoms with Crippen molar-refractivity contribution in [1.29, 1.82) is 0 Å². The van der Waals surface area contributed by atoms with E-state index in [9.17, 15) is 9.59 Å². The quantitative estimate of drug-likeness (QED) is 0.685. The fourth-order valence-corrected chi connectivity index (χ4v) is 3.18. The Labute approximate surface area is 122 Å². The van der Waals surface area contributed by atoms with Gasteiger partial charge in [0.05, 0.1) is 7.11 Å². The second kappa shape index (κ2) is 6.02. The Morgan fingerprint density at radius 1 is 1.35 bits per heavy atom. The largest absolute Gasteiger partial charge is 0.477 e. The van der Waals surface area contributed by atoms with Crippen molar-refractivity contribution in [1.82, 2.24) is 9.97 Å². The minimum absolute atomic E-state index is 0.0105. The molecule has 2 heterocycles. The number of aryl methyl sites for hydroxylation is 1. The summed E-state index contributed by atoms with van der Waals surface area (Å²) in [5.41, 5.74) is 0.636. The number of carboxylic acid groups (broad SMARTS) is 1. The molecule has 0 fully saturated rings. The first-order valence-corrected chi connectivity index (χ1v) is 7.13. The molecule has 1 N–H and O–H groups in total. The summed E-state index contributed by atoms with van der Waals surface area (Å²) in [4.78, 5) is 31.3. The average Bonchev–Trinajstić information content (AvgIpc) is 2.85. The average molecular weight is 310 g/mol. The van der Waals surface area contributed by atoms with Gasteiger partial charge < -0.3 is 9.84 Å². The molecule has 0 atom stereocenters. The number of carbonyl (C=O) groups is 2. The molecule has 0 aliphatic rings. The molecule has 2 aromatic rings. The van der Waals surface area contributed by atoms with Crippen LogP contribution in [0.5, 0.6) is 0 Å². The van der Waals surface area contributed by atoms with Crippen molar-refractivity contribution < 1.29 is 19.4 Å². The zero-order chi connectivity index (χ0) is 14.7. The van der Waals surface area contributed by atoms with Gasteiger partial charge in [-0.2, -0.15) is 0 Å². The summed E-state index contributed by atoms with van der Waals surface area (Å²) in [7, 11) is 1.26. The number of thiophene rings is 1. The number of aromatic nitrogens is 2. The van der Waals surface area contributed by atoms with Crippen LogP contribution in [0, 0.1) is 6.92 Å². The number of ether oxygens (including phenoxy) is 1. The van der Waals surface area contributed by atoms with E-state index >= 15 is 0 Å². The smallest absolute Gasteiger partial charge is 0.376 e. The van der Waals surface area contributed by atoms with E-state index in [-0.39, 0.29) is 10.7 Å². The van der Waals surface area contributed by atoms with E-state index in [1.807, 2.05) is 0 Å². The maximum atomic E-state index is 11.4. The zero-order valence-corrected chi connectivity index (χ0v) is 12.2. The highest BCUT2D eigenvalue weighted by Gasteiger charge is 2.13. The van der Waals surface area contributed by atoms with Crippen LogP contribution in [0.3, 0.4) is 0 Å². The molecule has 0 aliphatic carbocycles. The lowest BCUT2D eigenvalue weighted by Gasteiger charge is -2.03. The van der Waals surface area contributed by atoms with Gasteiger partial charge in [-0.1, -0.05) is 11.8 Å². The Morgan fingerprint density at radius 3 is 2.70 bits per heavy atom. The molecule has 0 saturated carbocycles. The lowest BCUT2D eigenvalue weighted by Crippen LogP contribution is -2.08. The molecule has 0 amide bonds. The molecule has 0 spiro atoms. The lowest BCUT2D eigenvalue weighted by atomic mass is 10.4. The predicted octanol–water partition coefficient (Wildman–Crippen LogP) is 2.48. The third-order valence-corrected chi connectivity index (χ3v) is 4.16. The third-order valence-electron chi connectivity index (χ3n) is 2.21. The fraction of sp³-hybridized carbons (Fsp3) is 0.167. The number of hydrogen-bond acceptors (Lipinski definition) is 7. The Kier molecular flexibility index (Phi) is 4.35. The minimum atomic E-state index is -0.962. The topological polar surface area (TPSA) is 89.4 Å². The number of methoxy groups -OCH3 is 1. The molecule has 0 bridgehead atoms. The first-order chi connectivity index (χ1) is 9.49. The third kappa shape index (κ3) is 3.34. The van der Waals surface area contributed by atoms with Gasteiger partial charge >= 0.3 is 11.9 Å². The van der Waals surface area contributed by atoms with Crippen molar-refractivity contribution in [2.24, 2.45) is 0 Å². The Balaban J connectivity index is 2.26. The molecule has 0 unspecified atom stereocenters. The standard InChI is InChI=1S/C12H10N2O4S2/c1-6-3-9(14-10(13-6)12(17)18-2)20-7-4-8(11(15)16)19-5-7/h3-5H,1-2H3,(H,15,16). The molecular weight excluding hydrogens is 300 g/mol. The van der Waals surface area contributed by atoms with Crippen LogP contribution in [0.1, 0.15) is 26.0 Å². The van der Waals surface area contributed by atoms with Crippen LogP contribution in [-0.4, -0.2) is 34.1 Å². The van der Waals surface area contributed by atoms with Crippen LogP contribution >= 0.6 is 23.1 Å². The van der Waals surface area contributed by atoms with Crippen LogP contribution in [-0.2, 0) is 4.74 Å². The second-order valence-corrected chi connectivity index (χ2v) is 5.72. The fourth-order valence-electron chi connectivity index (χ4n) is 1.38. The number of carboxylic acids is 1. The number of nitrogens with zero attached hydrogens (tertiary/aromatic N) is 2. The number of rotatable bonds is 4. The molecule has 0 aromatic carbocycles. The van der Waals surface area contributed by atoms with Gasteiger partial charge in [-0.05, 0) is 19.1 Å². The van der Waals surface area contributed by atoms with E-state index in [2.05, 4.69) is 14.7 Å². The minimum Gasteiger partial charge on any atom is -0.477 e. The van der Waals surface area contributed by atoms with E-state index in [1.165, 1.54) is 18.9 Å². The van der Waals surface area contributed by atoms with E-state index in [1.54, 1.807) is 24.4 Å². The number of hydrogen-bond donors (Lipinski definition) is 1. The van der Waals surface area contributed by atoms with Crippen molar-refractivity contribution in [3.63, 3.8) is 0 Å². The van der Waals surface area contributed by atoms with E-state index in [0.29, 0.717) is 10.7 Å². The highest BCUT2D eigenvalue weighted by atomic mass is 32.2. The second-order valence-electron chi connectivity index (χ2n) is 3.72. The van der Waals surface area contributed by atoms with Crippen molar-refractivity contribution in [3.8, 4) is 0 Å². The Morgan fingerprint density at radius 2 is 2.10 bits per heavy atom. The molecule has 0 saturated heterocycles. The lowest BCUT2D eigenvalue weighted by molar-refractivity contribution is 0.0584. The van der Waals surface area contributed by atoms with E-state index in [0.717, 1.165) is 16.2 Å². The molecular formula is C12H10N2O4S2. The predicted molar refractivity (Wildman–Crippen MR) is 73.5 cm³/mol. The summed E-state index contributed by atoms with van der Waals surface area (Å²) in [5, 5.41) is 11.2.